The molecule has 0 radical (unpaired) electrons. The largest absolute Gasteiger partial charge is 0.204 e. The topological polar surface area (TPSA) is 0 Å². The maximum atomic E-state index is 13.3. The zero-order chi connectivity index (χ0) is 17.7. The van der Waals surface area contributed by atoms with Gasteiger partial charge < -0.3 is 0 Å². The summed E-state index contributed by atoms with van der Waals surface area (Å²) in [6.07, 6.45) is 11.9. The summed E-state index contributed by atoms with van der Waals surface area (Å²) in [7, 11) is 0. The molecule has 1 saturated carbocycles. The van der Waals surface area contributed by atoms with Crippen molar-refractivity contribution in [2.75, 3.05) is 0 Å². The van der Waals surface area contributed by atoms with E-state index < -0.39 is 17.5 Å². The quantitative estimate of drug-likeness (QED) is 0.408. The number of halogens is 3. The van der Waals surface area contributed by atoms with Crippen LogP contribution in [-0.4, -0.2) is 0 Å². The number of allylic oxidation sites excluding steroid dienone is 5. The van der Waals surface area contributed by atoms with Crippen LogP contribution in [0.25, 0.3) is 5.57 Å². The number of hydrogen-bond donors (Lipinski definition) is 0. The van der Waals surface area contributed by atoms with Crippen LogP contribution >= 0.6 is 0 Å². The number of hydrogen-bond acceptors (Lipinski definition) is 0. The van der Waals surface area contributed by atoms with Crippen LogP contribution in [0.3, 0.4) is 0 Å². The van der Waals surface area contributed by atoms with Crippen molar-refractivity contribution < 1.29 is 13.2 Å². The molecule has 0 unspecified atom stereocenters. The molecule has 1 aromatic carbocycles. The fourth-order valence-corrected chi connectivity index (χ4v) is 3.41. The molecule has 0 N–H and O–H groups in total. The first kappa shape index (κ1) is 18.6. The predicted octanol–water partition coefficient (Wildman–Crippen LogP) is 6.84. The Labute approximate surface area is 142 Å². The van der Waals surface area contributed by atoms with Crippen molar-refractivity contribution >= 4 is 5.57 Å². The first-order valence-corrected chi connectivity index (χ1v) is 8.64. The van der Waals surface area contributed by atoms with Crippen LogP contribution < -0.4 is 0 Å². The molecule has 0 heterocycles. The highest BCUT2D eigenvalue weighted by Gasteiger charge is 2.21. The van der Waals surface area contributed by atoms with Gasteiger partial charge in [-0.15, -0.1) is 0 Å². The SMILES string of the molecule is C=C(/C=C\C(=C/C)C1CCC(CC)CC1)c1cc(F)c(F)c(F)c1. The van der Waals surface area contributed by atoms with Crippen molar-refractivity contribution in [1.29, 1.82) is 0 Å². The Morgan fingerprint density at radius 2 is 1.67 bits per heavy atom. The molecule has 130 valence electrons. The Hall–Kier alpha value is -1.77. The molecule has 1 fully saturated rings. The summed E-state index contributed by atoms with van der Waals surface area (Å²) in [4.78, 5) is 0. The van der Waals surface area contributed by atoms with Crippen molar-refractivity contribution in [1.82, 2.24) is 0 Å². The highest BCUT2D eigenvalue weighted by molar-refractivity contribution is 5.72. The van der Waals surface area contributed by atoms with Gasteiger partial charge in [0.15, 0.2) is 17.5 Å². The zero-order valence-electron chi connectivity index (χ0n) is 14.4. The first-order chi connectivity index (χ1) is 11.5. The highest BCUT2D eigenvalue weighted by Crippen LogP contribution is 2.35. The summed E-state index contributed by atoms with van der Waals surface area (Å²) in [6.45, 7) is 8.09. The summed E-state index contributed by atoms with van der Waals surface area (Å²) in [5.41, 5.74) is 1.95. The van der Waals surface area contributed by atoms with Gasteiger partial charge in [0, 0.05) is 0 Å². The minimum Gasteiger partial charge on any atom is -0.204 e. The summed E-state index contributed by atoms with van der Waals surface area (Å²) < 4.78 is 39.7. The van der Waals surface area contributed by atoms with Gasteiger partial charge in [0.25, 0.3) is 0 Å². The summed E-state index contributed by atoms with van der Waals surface area (Å²) in [5.74, 6) is -2.46. The smallest absolute Gasteiger partial charge is 0.194 e. The molecule has 3 heteroatoms. The van der Waals surface area contributed by atoms with Crippen LogP contribution in [0.2, 0.25) is 0 Å². The Bertz CT molecular complexity index is 624. The average Bonchev–Trinajstić information content (AvgIpc) is 2.60. The molecule has 0 atom stereocenters. The van der Waals surface area contributed by atoms with E-state index in [1.54, 1.807) is 6.08 Å². The van der Waals surface area contributed by atoms with Crippen LogP contribution in [0.15, 0.2) is 42.5 Å². The highest BCUT2D eigenvalue weighted by atomic mass is 19.2. The minimum absolute atomic E-state index is 0.257. The van der Waals surface area contributed by atoms with Gasteiger partial charge in [0.2, 0.25) is 0 Å². The molecule has 0 amide bonds. The molecule has 2 rings (SSSR count). The molecule has 0 aromatic heterocycles. The third-order valence-corrected chi connectivity index (χ3v) is 5.06. The molecule has 1 aromatic rings. The van der Waals surface area contributed by atoms with Crippen LogP contribution in [-0.2, 0) is 0 Å². The minimum atomic E-state index is -1.45. The van der Waals surface area contributed by atoms with Crippen LogP contribution in [0.5, 0.6) is 0 Å². The number of benzene rings is 1. The van der Waals surface area contributed by atoms with E-state index in [2.05, 4.69) is 19.6 Å². The predicted molar refractivity (Wildman–Crippen MR) is 94.0 cm³/mol. The lowest BCUT2D eigenvalue weighted by Gasteiger charge is -2.28. The molecule has 1 aliphatic carbocycles. The van der Waals surface area contributed by atoms with E-state index in [4.69, 9.17) is 0 Å². The maximum absolute atomic E-state index is 13.3. The van der Waals surface area contributed by atoms with Gasteiger partial charge in [-0.25, -0.2) is 13.2 Å². The van der Waals surface area contributed by atoms with Gasteiger partial charge in [0.1, 0.15) is 0 Å². The van der Waals surface area contributed by atoms with Crippen molar-refractivity contribution in [3.8, 4) is 0 Å². The van der Waals surface area contributed by atoms with E-state index in [0.717, 1.165) is 18.1 Å². The van der Waals surface area contributed by atoms with Crippen LogP contribution in [0.4, 0.5) is 13.2 Å². The molecular formula is C21H25F3. The standard InChI is InChI=1S/C21H25F3/c1-4-15-7-10-17(11-8-15)16(5-2)9-6-14(3)18-12-19(22)21(24)20(23)13-18/h5-6,9,12-13,15,17H,3-4,7-8,10-11H2,1-2H3/b9-6-,16-5+. The Balaban J connectivity index is 2.07. The molecule has 1 aliphatic rings. The zero-order valence-corrected chi connectivity index (χ0v) is 14.4. The van der Waals surface area contributed by atoms with Crippen LogP contribution in [0.1, 0.15) is 51.5 Å². The average molecular weight is 334 g/mol. The third-order valence-electron chi connectivity index (χ3n) is 5.06. The van der Waals surface area contributed by atoms with E-state index in [1.165, 1.54) is 37.7 Å². The fourth-order valence-electron chi connectivity index (χ4n) is 3.41. The van der Waals surface area contributed by atoms with E-state index in [1.807, 2.05) is 13.0 Å². The Morgan fingerprint density at radius 3 is 2.17 bits per heavy atom. The lowest BCUT2D eigenvalue weighted by atomic mass is 9.77. The number of rotatable bonds is 5. The maximum Gasteiger partial charge on any atom is 0.194 e. The monoisotopic (exact) mass is 334 g/mol. The molecule has 0 saturated heterocycles. The second kappa shape index (κ2) is 8.36. The second-order valence-corrected chi connectivity index (χ2v) is 6.53. The first-order valence-electron chi connectivity index (χ1n) is 8.64. The van der Waals surface area contributed by atoms with Gasteiger partial charge >= 0.3 is 0 Å². The lowest BCUT2D eigenvalue weighted by molar-refractivity contribution is 0.297. The summed E-state index contributed by atoms with van der Waals surface area (Å²) in [5, 5.41) is 0. The third kappa shape index (κ3) is 4.40. The van der Waals surface area contributed by atoms with E-state index >= 15 is 0 Å². The van der Waals surface area contributed by atoms with Crippen molar-refractivity contribution in [3.05, 3.63) is 65.5 Å². The van der Waals surface area contributed by atoms with E-state index in [9.17, 15) is 13.2 Å². The summed E-state index contributed by atoms with van der Waals surface area (Å²) >= 11 is 0. The lowest BCUT2D eigenvalue weighted by Crippen LogP contribution is -2.15. The molecular weight excluding hydrogens is 309 g/mol. The van der Waals surface area contributed by atoms with Gasteiger partial charge in [-0.3, -0.25) is 0 Å². The molecule has 0 bridgehead atoms. The molecule has 0 nitrogen and oxygen atoms in total. The van der Waals surface area contributed by atoms with Crippen molar-refractivity contribution in [2.45, 2.75) is 46.0 Å². The fraction of sp³-hybridized carbons (Fsp3) is 0.429. The van der Waals surface area contributed by atoms with Gasteiger partial charge in [-0.2, -0.15) is 0 Å². The summed E-state index contributed by atoms with van der Waals surface area (Å²) in [6, 6.07) is 1.96. The second-order valence-electron chi connectivity index (χ2n) is 6.53. The van der Waals surface area contributed by atoms with Gasteiger partial charge in [0.05, 0.1) is 0 Å². The van der Waals surface area contributed by atoms with Gasteiger partial charge in [-0.05, 0) is 73.3 Å². The van der Waals surface area contributed by atoms with E-state index in [-0.39, 0.29) is 5.56 Å². The molecule has 0 aliphatic heterocycles. The molecule has 0 spiro atoms. The van der Waals surface area contributed by atoms with Crippen LogP contribution in [0, 0.1) is 29.3 Å². The van der Waals surface area contributed by atoms with Gasteiger partial charge in [-0.1, -0.05) is 38.2 Å². The normalized spacial score (nSPS) is 22.1. The Kier molecular flexibility index (Phi) is 6.47. The van der Waals surface area contributed by atoms with Crippen molar-refractivity contribution in [2.24, 2.45) is 11.8 Å². The van der Waals surface area contributed by atoms with Crippen molar-refractivity contribution in [3.63, 3.8) is 0 Å². The molecule has 24 heavy (non-hydrogen) atoms. The van der Waals surface area contributed by atoms with E-state index in [0.29, 0.717) is 11.5 Å². The Morgan fingerprint density at radius 1 is 1.08 bits per heavy atom.